The molecule has 0 saturated carbocycles. The molecule has 0 unspecified atom stereocenters. The second-order valence-electron chi connectivity index (χ2n) is 5.79. The first-order valence-corrected chi connectivity index (χ1v) is 9.56. The lowest BCUT2D eigenvalue weighted by Crippen LogP contribution is -2.36. The molecular weight excluding hydrogens is 396 g/mol. The molecule has 2 aromatic rings. The van der Waals surface area contributed by atoms with Crippen molar-refractivity contribution in [3.05, 3.63) is 59.0 Å². The molecule has 1 fully saturated rings. The molecular formula is C20H18N2O4S2. The first kappa shape index (κ1) is 19.9. The van der Waals surface area contributed by atoms with Gasteiger partial charge in [-0.05, 0) is 36.4 Å². The predicted octanol–water partition coefficient (Wildman–Crippen LogP) is 3.54. The summed E-state index contributed by atoms with van der Waals surface area (Å²) in [7, 11) is 3.14. The van der Waals surface area contributed by atoms with Crippen LogP contribution in [0.2, 0.25) is 0 Å². The zero-order valence-corrected chi connectivity index (χ0v) is 16.9. The summed E-state index contributed by atoms with van der Waals surface area (Å²) >= 11 is 6.45. The van der Waals surface area contributed by atoms with Gasteiger partial charge in [0.2, 0.25) is 5.91 Å². The largest absolute Gasteiger partial charge is 0.497 e. The highest BCUT2D eigenvalue weighted by molar-refractivity contribution is 8.26. The van der Waals surface area contributed by atoms with E-state index >= 15 is 0 Å². The molecule has 1 N–H and O–H groups in total. The van der Waals surface area contributed by atoms with Crippen LogP contribution < -0.4 is 14.8 Å². The van der Waals surface area contributed by atoms with Gasteiger partial charge in [0.05, 0.1) is 19.1 Å². The molecule has 0 radical (unpaired) electrons. The summed E-state index contributed by atoms with van der Waals surface area (Å²) in [6.07, 6.45) is 1.72. The second kappa shape index (κ2) is 8.90. The average molecular weight is 415 g/mol. The Morgan fingerprint density at radius 2 is 1.86 bits per heavy atom. The molecule has 28 heavy (non-hydrogen) atoms. The number of thiocarbonyl (C=S) groups is 1. The second-order valence-corrected chi connectivity index (χ2v) is 7.46. The number of benzene rings is 2. The molecule has 8 heteroatoms. The quantitative estimate of drug-likeness (QED) is 0.576. The predicted molar refractivity (Wildman–Crippen MR) is 114 cm³/mol. The van der Waals surface area contributed by atoms with E-state index in [0.717, 1.165) is 5.56 Å². The van der Waals surface area contributed by atoms with E-state index in [-0.39, 0.29) is 18.4 Å². The summed E-state index contributed by atoms with van der Waals surface area (Å²) in [5.74, 6) is 0.715. The number of nitrogens with zero attached hydrogens (tertiary/aromatic N) is 1. The van der Waals surface area contributed by atoms with Crippen LogP contribution in [-0.2, 0) is 9.59 Å². The number of amides is 2. The number of hydrogen-bond acceptors (Lipinski definition) is 6. The minimum atomic E-state index is -0.333. The smallest absolute Gasteiger partial charge is 0.266 e. The Kier molecular flexibility index (Phi) is 6.33. The third-order valence-electron chi connectivity index (χ3n) is 3.97. The molecule has 1 aliphatic heterocycles. The Bertz CT molecular complexity index is 941. The molecule has 0 atom stereocenters. The van der Waals surface area contributed by atoms with Crippen molar-refractivity contribution in [3.8, 4) is 11.5 Å². The summed E-state index contributed by atoms with van der Waals surface area (Å²) in [5.41, 5.74) is 1.38. The number of para-hydroxylation sites is 1. The molecule has 3 rings (SSSR count). The summed E-state index contributed by atoms with van der Waals surface area (Å²) < 4.78 is 10.7. The Morgan fingerprint density at radius 1 is 1.14 bits per heavy atom. The minimum absolute atomic E-state index is 0.153. The van der Waals surface area contributed by atoms with Gasteiger partial charge in [-0.3, -0.25) is 14.5 Å². The van der Waals surface area contributed by atoms with Crippen molar-refractivity contribution < 1.29 is 19.1 Å². The van der Waals surface area contributed by atoms with E-state index in [0.29, 0.717) is 26.4 Å². The zero-order valence-electron chi connectivity index (χ0n) is 15.3. The lowest BCUT2D eigenvalue weighted by atomic mass is 10.2. The Labute approximate surface area is 172 Å². The number of thioether (sulfide) groups is 1. The molecule has 0 bridgehead atoms. The van der Waals surface area contributed by atoms with E-state index in [4.69, 9.17) is 21.7 Å². The molecule has 2 aromatic carbocycles. The summed E-state index contributed by atoms with van der Waals surface area (Å²) in [4.78, 5) is 26.8. The third kappa shape index (κ3) is 4.52. The first-order valence-electron chi connectivity index (χ1n) is 8.34. The number of methoxy groups -OCH3 is 2. The number of ether oxygens (including phenoxy) is 2. The van der Waals surface area contributed by atoms with Crippen LogP contribution in [0, 0.1) is 0 Å². The Hall–Kier alpha value is -2.84. The van der Waals surface area contributed by atoms with E-state index in [1.807, 2.05) is 24.3 Å². The molecule has 1 aliphatic rings. The maximum Gasteiger partial charge on any atom is 0.266 e. The highest BCUT2D eigenvalue weighted by atomic mass is 32.2. The van der Waals surface area contributed by atoms with Gasteiger partial charge in [0.1, 0.15) is 22.4 Å². The highest BCUT2D eigenvalue weighted by Gasteiger charge is 2.33. The fraction of sp³-hybridized carbons (Fsp3) is 0.150. The van der Waals surface area contributed by atoms with Gasteiger partial charge in [0.25, 0.3) is 5.91 Å². The molecule has 0 spiro atoms. The lowest BCUT2D eigenvalue weighted by molar-refractivity contribution is -0.126. The van der Waals surface area contributed by atoms with Crippen LogP contribution in [0.4, 0.5) is 5.69 Å². The third-order valence-corrected chi connectivity index (χ3v) is 5.35. The van der Waals surface area contributed by atoms with E-state index < -0.39 is 0 Å². The number of nitrogens with one attached hydrogen (secondary N) is 1. The van der Waals surface area contributed by atoms with Crippen molar-refractivity contribution in [2.45, 2.75) is 0 Å². The van der Waals surface area contributed by atoms with Crippen molar-refractivity contribution in [2.24, 2.45) is 0 Å². The van der Waals surface area contributed by atoms with Gasteiger partial charge in [0, 0.05) is 11.3 Å². The average Bonchev–Trinajstić information content (AvgIpc) is 2.96. The van der Waals surface area contributed by atoms with Crippen LogP contribution in [0.1, 0.15) is 5.56 Å². The lowest BCUT2D eigenvalue weighted by Gasteiger charge is -2.14. The Balaban J connectivity index is 1.69. The molecule has 144 valence electrons. The van der Waals surface area contributed by atoms with E-state index in [1.54, 1.807) is 44.6 Å². The van der Waals surface area contributed by atoms with Crippen molar-refractivity contribution >= 4 is 51.9 Å². The maximum atomic E-state index is 12.7. The van der Waals surface area contributed by atoms with Crippen LogP contribution in [0.3, 0.4) is 0 Å². The Morgan fingerprint density at radius 3 is 2.54 bits per heavy atom. The number of hydrogen-bond donors (Lipinski definition) is 1. The van der Waals surface area contributed by atoms with Gasteiger partial charge in [0.15, 0.2) is 0 Å². The normalized spacial score (nSPS) is 15.1. The van der Waals surface area contributed by atoms with Crippen molar-refractivity contribution in [1.29, 1.82) is 0 Å². The zero-order chi connectivity index (χ0) is 20.1. The van der Waals surface area contributed by atoms with Crippen molar-refractivity contribution in [1.82, 2.24) is 4.90 Å². The number of anilines is 1. The number of rotatable bonds is 6. The molecule has 6 nitrogen and oxygen atoms in total. The molecule has 0 aromatic heterocycles. The fourth-order valence-corrected chi connectivity index (χ4v) is 3.83. The first-order chi connectivity index (χ1) is 13.5. The summed E-state index contributed by atoms with van der Waals surface area (Å²) in [6, 6.07) is 14.3. The topological polar surface area (TPSA) is 67.9 Å². The van der Waals surface area contributed by atoms with Crippen molar-refractivity contribution in [2.75, 3.05) is 26.1 Å². The van der Waals surface area contributed by atoms with E-state index in [1.165, 1.54) is 16.7 Å². The van der Waals surface area contributed by atoms with Gasteiger partial charge >= 0.3 is 0 Å². The van der Waals surface area contributed by atoms with Crippen LogP contribution in [0.5, 0.6) is 11.5 Å². The fourth-order valence-electron chi connectivity index (χ4n) is 2.58. The summed E-state index contributed by atoms with van der Waals surface area (Å²) in [6.45, 7) is -0.153. The molecule has 2 amide bonds. The SMILES string of the molecule is COc1ccc(NC(=O)CN2C(=O)/C(=C/c3ccccc3OC)SC2=S)cc1. The van der Waals surface area contributed by atoms with E-state index in [9.17, 15) is 9.59 Å². The van der Waals surface area contributed by atoms with Crippen LogP contribution in [0.25, 0.3) is 6.08 Å². The van der Waals surface area contributed by atoms with Gasteiger partial charge in [-0.15, -0.1) is 0 Å². The van der Waals surface area contributed by atoms with Crippen LogP contribution >= 0.6 is 24.0 Å². The summed E-state index contributed by atoms with van der Waals surface area (Å²) in [5, 5.41) is 2.75. The van der Waals surface area contributed by atoms with Crippen LogP contribution in [0.15, 0.2) is 53.4 Å². The molecule has 1 saturated heterocycles. The van der Waals surface area contributed by atoms with Crippen LogP contribution in [-0.4, -0.2) is 41.8 Å². The van der Waals surface area contributed by atoms with Gasteiger partial charge in [-0.2, -0.15) is 0 Å². The number of carbonyl (C=O) groups is 2. The minimum Gasteiger partial charge on any atom is -0.497 e. The molecule has 0 aliphatic carbocycles. The van der Waals surface area contributed by atoms with Gasteiger partial charge in [-0.1, -0.05) is 42.2 Å². The van der Waals surface area contributed by atoms with E-state index in [2.05, 4.69) is 5.32 Å². The van der Waals surface area contributed by atoms with Crippen molar-refractivity contribution in [3.63, 3.8) is 0 Å². The monoisotopic (exact) mass is 414 g/mol. The van der Waals surface area contributed by atoms with Gasteiger partial charge < -0.3 is 14.8 Å². The maximum absolute atomic E-state index is 12.7. The van der Waals surface area contributed by atoms with Gasteiger partial charge in [-0.25, -0.2) is 0 Å². The molecule has 1 heterocycles. The standard InChI is InChI=1S/C20H18N2O4S2/c1-25-15-9-7-14(8-10-15)21-18(23)12-22-19(24)17(28-20(22)27)11-13-5-3-4-6-16(13)26-2/h3-11H,12H2,1-2H3,(H,21,23)/b17-11-. The number of carbonyl (C=O) groups excluding carboxylic acids is 2. The highest BCUT2D eigenvalue weighted by Crippen LogP contribution is 2.34.